The minimum absolute atomic E-state index is 0.351. The van der Waals surface area contributed by atoms with Gasteiger partial charge in [-0.15, -0.1) is 0 Å². The van der Waals surface area contributed by atoms with Gasteiger partial charge in [-0.1, -0.05) is 19.1 Å². The first-order valence-corrected chi connectivity index (χ1v) is 5.37. The van der Waals surface area contributed by atoms with E-state index >= 15 is 0 Å². The van der Waals surface area contributed by atoms with Crippen molar-refractivity contribution in [2.45, 2.75) is 26.4 Å². The van der Waals surface area contributed by atoms with Gasteiger partial charge in [0.15, 0.2) is 0 Å². The fourth-order valence-corrected chi connectivity index (χ4v) is 2.01. The average molecular weight is 203 g/mol. The molecule has 0 spiro atoms. The number of aromatic nitrogens is 1. The Balaban J connectivity index is 2.68. The first-order chi connectivity index (χ1) is 7.13. The molecule has 80 valence electrons. The topological polar surface area (TPSA) is 25.2 Å². The SMILES string of the molecule is CC[C@H](O)c1cn(C)c2cc(C)ccc12. The Kier molecular flexibility index (Phi) is 2.53. The molecule has 1 heterocycles. The summed E-state index contributed by atoms with van der Waals surface area (Å²) in [5, 5.41) is 11.1. The first-order valence-electron chi connectivity index (χ1n) is 5.37. The number of fused-ring (bicyclic) bond motifs is 1. The maximum atomic E-state index is 9.90. The minimum Gasteiger partial charge on any atom is -0.388 e. The van der Waals surface area contributed by atoms with E-state index in [2.05, 4.69) is 29.7 Å². The number of hydrogen-bond acceptors (Lipinski definition) is 1. The van der Waals surface area contributed by atoms with Crippen molar-refractivity contribution in [2.75, 3.05) is 0 Å². The third kappa shape index (κ3) is 1.65. The zero-order valence-electron chi connectivity index (χ0n) is 9.49. The van der Waals surface area contributed by atoms with E-state index in [4.69, 9.17) is 0 Å². The molecule has 0 amide bonds. The Morgan fingerprint density at radius 1 is 1.40 bits per heavy atom. The number of aliphatic hydroxyl groups is 1. The fourth-order valence-electron chi connectivity index (χ4n) is 2.01. The van der Waals surface area contributed by atoms with Gasteiger partial charge in [0.05, 0.1) is 6.10 Å². The van der Waals surface area contributed by atoms with Crippen LogP contribution in [0.1, 0.15) is 30.6 Å². The molecule has 2 nitrogen and oxygen atoms in total. The van der Waals surface area contributed by atoms with Crippen LogP contribution in [0.25, 0.3) is 10.9 Å². The summed E-state index contributed by atoms with van der Waals surface area (Å²) in [6, 6.07) is 6.34. The van der Waals surface area contributed by atoms with Gasteiger partial charge in [-0.05, 0) is 25.0 Å². The number of rotatable bonds is 2. The van der Waals surface area contributed by atoms with E-state index in [1.54, 1.807) is 0 Å². The molecule has 0 unspecified atom stereocenters. The van der Waals surface area contributed by atoms with Crippen LogP contribution in [0.15, 0.2) is 24.4 Å². The van der Waals surface area contributed by atoms with E-state index < -0.39 is 0 Å². The smallest absolute Gasteiger partial charge is 0.0808 e. The maximum absolute atomic E-state index is 9.90. The minimum atomic E-state index is -0.351. The van der Waals surface area contributed by atoms with E-state index in [0.717, 1.165) is 17.4 Å². The zero-order valence-corrected chi connectivity index (χ0v) is 9.49. The molecule has 0 bridgehead atoms. The molecule has 0 saturated heterocycles. The van der Waals surface area contributed by atoms with Gasteiger partial charge in [0.2, 0.25) is 0 Å². The molecule has 0 saturated carbocycles. The van der Waals surface area contributed by atoms with Gasteiger partial charge in [-0.3, -0.25) is 0 Å². The Hall–Kier alpha value is -1.28. The van der Waals surface area contributed by atoms with Crippen molar-refractivity contribution in [3.05, 3.63) is 35.5 Å². The van der Waals surface area contributed by atoms with Crippen LogP contribution in [-0.4, -0.2) is 9.67 Å². The van der Waals surface area contributed by atoms with E-state index in [1.165, 1.54) is 11.1 Å². The molecule has 1 N–H and O–H groups in total. The second kappa shape index (κ2) is 3.70. The predicted molar refractivity (Wildman–Crippen MR) is 62.9 cm³/mol. The number of aliphatic hydroxyl groups excluding tert-OH is 1. The third-order valence-corrected chi connectivity index (χ3v) is 2.92. The molecule has 1 aromatic heterocycles. The number of aryl methyl sites for hydroxylation is 2. The van der Waals surface area contributed by atoms with Crippen LogP contribution in [0.3, 0.4) is 0 Å². The average Bonchev–Trinajstić information content (AvgIpc) is 2.55. The molecular formula is C13H17NO. The summed E-state index contributed by atoms with van der Waals surface area (Å²) in [5.41, 5.74) is 3.48. The zero-order chi connectivity index (χ0) is 11.0. The molecule has 15 heavy (non-hydrogen) atoms. The number of hydrogen-bond donors (Lipinski definition) is 1. The quantitative estimate of drug-likeness (QED) is 0.797. The van der Waals surface area contributed by atoms with Crippen molar-refractivity contribution in [3.63, 3.8) is 0 Å². The summed E-state index contributed by atoms with van der Waals surface area (Å²) in [6.45, 7) is 4.08. The van der Waals surface area contributed by atoms with Crippen molar-refractivity contribution in [3.8, 4) is 0 Å². The fraction of sp³-hybridized carbons (Fsp3) is 0.385. The van der Waals surface area contributed by atoms with Crippen LogP contribution in [0, 0.1) is 6.92 Å². The van der Waals surface area contributed by atoms with Crippen LogP contribution in [0.2, 0.25) is 0 Å². The lowest BCUT2D eigenvalue weighted by molar-refractivity contribution is 0.175. The van der Waals surface area contributed by atoms with Crippen molar-refractivity contribution >= 4 is 10.9 Å². The highest BCUT2D eigenvalue weighted by Gasteiger charge is 2.12. The van der Waals surface area contributed by atoms with Crippen LogP contribution in [0.5, 0.6) is 0 Å². The summed E-state index contributed by atoms with van der Waals surface area (Å²) in [6.07, 6.45) is 2.43. The lowest BCUT2D eigenvalue weighted by Gasteiger charge is -2.05. The van der Waals surface area contributed by atoms with Gasteiger partial charge in [0, 0.05) is 29.7 Å². The highest BCUT2D eigenvalue weighted by molar-refractivity contribution is 5.84. The molecular weight excluding hydrogens is 186 g/mol. The molecule has 0 aliphatic carbocycles. The molecule has 0 fully saturated rings. The van der Waals surface area contributed by atoms with Crippen LogP contribution >= 0.6 is 0 Å². The second-order valence-corrected chi connectivity index (χ2v) is 4.14. The predicted octanol–water partition coefficient (Wildman–Crippen LogP) is 2.93. The molecule has 2 heteroatoms. The lowest BCUT2D eigenvalue weighted by atomic mass is 10.1. The van der Waals surface area contributed by atoms with E-state index in [0.29, 0.717) is 0 Å². The van der Waals surface area contributed by atoms with Gasteiger partial charge in [-0.2, -0.15) is 0 Å². The molecule has 2 rings (SSSR count). The molecule has 1 aromatic carbocycles. The summed E-state index contributed by atoms with van der Waals surface area (Å²) in [5.74, 6) is 0. The Morgan fingerprint density at radius 3 is 2.80 bits per heavy atom. The van der Waals surface area contributed by atoms with Crippen molar-refractivity contribution in [1.82, 2.24) is 4.57 Å². The summed E-state index contributed by atoms with van der Waals surface area (Å²) in [4.78, 5) is 0. The highest BCUT2D eigenvalue weighted by Crippen LogP contribution is 2.28. The largest absolute Gasteiger partial charge is 0.388 e. The Morgan fingerprint density at radius 2 is 2.13 bits per heavy atom. The van der Waals surface area contributed by atoms with Crippen LogP contribution in [-0.2, 0) is 7.05 Å². The standard InChI is InChI=1S/C13H17NO/c1-4-13(15)11-8-14(3)12-7-9(2)5-6-10(11)12/h5-8,13,15H,4H2,1-3H3/t13-/m0/s1. The van der Waals surface area contributed by atoms with Crippen LogP contribution in [0.4, 0.5) is 0 Å². The summed E-state index contributed by atoms with van der Waals surface area (Å²) in [7, 11) is 2.02. The van der Waals surface area contributed by atoms with Gasteiger partial charge in [0.1, 0.15) is 0 Å². The highest BCUT2D eigenvalue weighted by atomic mass is 16.3. The molecule has 2 aromatic rings. The molecule has 0 radical (unpaired) electrons. The van der Waals surface area contributed by atoms with E-state index in [1.807, 2.05) is 20.2 Å². The molecule has 0 aliphatic heterocycles. The summed E-state index contributed by atoms with van der Waals surface area (Å²) >= 11 is 0. The maximum Gasteiger partial charge on any atom is 0.0808 e. The number of benzene rings is 1. The van der Waals surface area contributed by atoms with Gasteiger partial charge >= 0.3 is 0 Å². The Labute approximate surface area is 90.2 Å². The van der Waals surface area contributed by atoms with E-state index in [9.17, 15) is 5.11 Å². The number of nitrogens with zero attached hydrogens (tertiary/aromatic N) is 1. The van der Waals surface area contributed by atoms with Crippen LogP contribution < -0.4 is 0 Å². The van der Waals surface area contributed by atoms with Crippen molar-refractivity contribution < 1.29 is 5.11 Å². The van der Waals surface area contributed by atoms with Gasteiger partial charge in [-0.25, -0.2) is 0 Å². The normalized spacial score (nSPS) is 13.3. The lowest BCUT2D eigenvalue weighted by Crippen LogP contribution is -1.93. The van der Waals surface area contributed by atoms with Crippen molar-refractivity contribution in [1.29, 1.82) is 0 Å². The summed E-state index contributed by atoms with van der Waals surface area (Å²) < 4.78 is 2.08. The molecule has 0 aliphatic rings. The third-order valence-electron chi connectivity index (χ3n) is 2.92. The van der Waals surface area contributed by atoms with Gasteiger partial charge < -0.3 is 9.67 Å². The molecule has 1 atom stereocenters. The van der Waals surface area contributed by atoms with Crippen molar-refractivity contribution in [2.24, 2.45) is 7.05 Å². The Bertz CT molecular complexity index is 484. The monoisotopic (exact) mass is 203 g/mol. The second-order valence-electron chi connectivity index (χ2n) is 4.14. The first kappa shape index (κ1) is 10.2. The van der Waals surface area contributed by atoms with E-state index in [-0.39, 0.29) is 6.10 Å². The van der Waals surface area contributed by atoms with Gasteiger partial charge in [0.25, 0.3) is 0 Å².